The molecule has 0 radical (unpaired) electrons. The first-order valence-electron chi connectivity index (χ1n) is 7.79. The van der Waals surface area contributed by atoms with Crippen LogP contribution in [0.3, 0.4) is 0 Å². The van der Waals surface area contributed by atoms with Gasteiger partial charge in [0.05, 0.1) is 30.7 Å². The van der Waals surface area contributed by atoms with Gasteiger partial charge in [0.15, 0.2) is 0 Å². The fourth-order valence-electron chi connectivity index (χ4n) is 2.41. The monoisotopic (exact) mass is 430 g/mol. The number of carbonyl (C=O) groups is 3. The molecule has 0 saturated carbocycles. The van der Waals surface area contributed by atoms with Crippen molar-refractivity contribution in [3.63, 3.8) is 0 Å². The topological polar surface area (TPSA) is 84.9 Å². The molecule has 2 heterocycles. The molecule has 0 atom stereocenters. The van der Waals surface area contributed by atoms with Gasteiger partial charge in [-0.2, -0.15) is 0 Å². The molecular formula is C17H19ClN2O5S2. The molecule has 2 aromatic heterocycles. The minimum Gasteiger partial charge on any atom is -0.465 e. The zero-order valence-electron chi connectivity index (χ0n) is 15.3. The Balaban J connectivity index is 2.13. The van der Waals surface area contributed by atoms with Crippen LogP contribution in [0.15, 0.2) is 12.1 Å². The lowest BCUT2D eigenvalue weighted by Crippen LogP contribution is -2.29. The van der Waals surface area contributed by atoms with Gasteiger partial charge < -0.3 is 14.8 Å². The van der Waals surface area contributed by atoms with Gasteiger partial charge in [0.2, 0.25) is 5.91 Å². The van der Waals surface area contributed by atoms with Crippen molar-refractivity contribution >= 4 is 57.1 Å². The van der Waals surface area contributed by atoms with Crippen molar-refractivity contribution in [1.29, 1.82) is 0 Å². The first kappa shape index (κ1) is 21.4. The number of thiophene rings is 2. The number of hydrogen-bond donors (Lipinski definition) is 1. The molecular weight excluding hydrogens is 412 g/mol. The van der Waals surface area contributed by atoms with Gasteiger partial charge in [-0.05, 0) is 31.7 Å². The van der Waals surface area contributed by atoms with Crippen LogP contribution in [0, 0.1) is 6.92 Å². The highest BCUT2D eigenvalue weighted by atomic mass is 35.5. The van der Waals surface area contributed by atoms with Crippen molar-refractivity contribution in [2.24, 2.45) is 0 Å². The Labute approximate surface area is 169 Å². The predicted molar refractivity (Wildman–Crippen MR) is 106 cm³/mol. The molecule has 1 N–H and O–H groups in total. The number of nitrogens with zero attached hydrogens (tertiary/aromatic N) is 1. The molecule has 1 amide bonds. The van der Waals surface area contributed by atoms with Crippen molar-refractivity contribution in [1.82, 2.24) is 4.90 Å². The van der Waals surface area contributed by atoms with E-state index in [1.807, 2.05) is 11.0 Å². The van der Waals surface area contributed by atoms with Gasteiger partial charge in [-0.3, -0.25) is 9.69 Å². The van der Waals surface area contributed by atoms with Gasteiger partial charge in [-0.25, -0.2) is 9.59 Å². The Morgan fingerprint density at radius 3 is 2.37 bits per heavy atom. The third-order valence-electron chi connectivity index (χ3n) is 3.63. The van der Waals surface area contributed by atoms with Crippen LogP contribution in [0.5, 0.6) is 0 Å². The molecule has 0 aromatic carbocycles. The third kappa shape index (κ3) is 5.29. The first-order valence-corrected chi connectivity index (χ1v) is 9.80. The van der Waals surface area contributed by atoms with E-state index in [4.69, 9.17) is 21.1 Å². The van der Waals surface area contributed by atoms with Gasteiger partial charge in [-0.1, -0.05) is 11.6 Å². The standard InChI is InChI=1S/C17H19ClN2O5S2/c1-9-13(16(22)24-3)15(27-14(9)17(23)25-4)19-12(21)8-20(2)7-10-5-6-11(18)26-10/h5-6H,7-8H2,1-4H3,(H,19,21). The smallest absolute Gasteiger partial charge is 0.348 e. The average molecular weight is 431 g/mol. The van der Waals surface area contributed by atoms with Crippen LogP contribution in [0.1, 0.15) is 30.5 Å². The van der Waals surface area contributed by atoms with Gasteiger partial charge in [0, 0.05) is 11.4 Å². The third-order valence-corrected chi connectivity index (χ3v) is 6.03. The molecule has 10 heteroatoms. The summed E-state index contributed by atoms with van der Waals surface area (Å²) in [5, 5.41) is 2.96. The predicted octanol–water partition coefficient (Wildman–Crippen LogP) is 3.42. The van der Waals surface area contributed by atoms with Crippen molar-refractivity contribution in [2.45, 2.75) is 13.5 Å². The number of hydrogen-bond acceptors (Lipinski definition) is 8. The van der Waals surface area contributed by atoms with Crippen LogP contribution in [0.25, 0.3) is 0 Å². The summed E-state index contributed by atoms with van der Waals surface area (Å²) in [6.45, 7) is 2.27. The number of methoxy groups -OCH3 is 2. The quantitative estimate of drug-likeness (QED) is 0.677. The second-order valence-corrected chi connectivity index (χ2v) is 8.49. The molecule has 2 rings (SSSR count). The van der Waals surface area contributed by atoms with Crippen molar-refractivity contribution in [3.05, 3.63) is 37.4 Å². The minimum atomic E-state index is -0.629. The summed E-state index contributed by atoms with van der Waals surface area (Å²) in [5.74, 6) is -1.52. The van der Waals surface area contributed by atoms with Crippen molar-refractivity contribution in [3.8, 4) is 0 Å². The number of rotatable bonds is 7. The molecule has 0 spiro atoms. The zero-order valence-corrected chi connectivity index (χ0v) is 17.6. The lowest BCUT2D eigenvalue weighted by Gasteiger charge is -2.15. The molecule has 27 heavy (non-hydrogen) atoms. The van der Waals surface area contributed by atoms with E-state index in [0.717, 1.165) is 16.2 Å². The number of nitrogens with one attached hydrogen (secondary N) is 1. The summed E-state index contributed by atoms with van der Waals surface area (Å²) in [5.41, 5.74) is 0.569. The van der Waals surface area contributed by atoms with Crippen LogP contribution < -0.4 is 5.32 Å². The molecule has 146 valence electrons. The van der Waals surface area contributed by atoms with Crippen LogP contribution >= 0.6 is 34.3 Å². The molecule has 0 fully saturated rings. The van der Waals surface area contributed by atoms with E-state index in [0.29, 0.717) is 16.4 Å². The Morgan fingerprint density at radius 2 is 1.81 bits per heavy atom. The second-order valence-electron chi connectivity index (χ2n) is 5.67. The van der Waals surface area contributed by atoms with Gasteiger partial charge in [0.25, 0.3) is 0 Å². The lowest BCUT2D eigenvalue weighted by atomic mass is 10.1. The maximum absolute atomic E-state index is 12.4. The molecule has 0 unspecified atom stereocenters. The highest BCUT2D eigenvalue weighted by Crippen LogP contribution is 2.34. The minimum absolute atomic E-state index is 0.0979. The number of amides is 1. The van der Waals surface area contributed by atoms with Gasteiger partial charge >= 0.3 is 11.9 Å². The highest BCUT2D eigenvalue weighted by molar-refractivity contribution is 7.18. The van der Waals surface area contributed by atoms with E-state index in [2.05, 4.69) is 5.32 Å². The Kier molecular flexibility index (Phi) is 7.37. The summed E-state index contributed by atoms with van der Waals surface area (Å²) in [6.07, 6.45) is 0. The van der Waals surface area contributed by atoms with Crippen LogP contribution in [-0.4, -0.2) is 50.6 Å². The number of ether oxygens (including phenoxy) is 2. The maximum Gasteiger partial charge on any atom is 0.348 e. The molecule has 0 aliphatic rings. The van der Waals surface area contributed by atoms with Crippen LogP contribution in [-0.2, 0) is 20.8 Å². The molecule has 0 aliphatic heterocycles. The van der Waals surface area contributed by atoms with E-state index in [1.165, 1.54) is 25.6 Å². The highest BCUT2D eigenvalue weighted by Gasteiger charge is 2.26. The number of anilines is 1. The largest absolute Gasteiger partial charge is 0.465 e. The van der Waals surface area contributed by atoms with Crippen LogP contribution in [0.2, 0.25) is 4.34 Å². The SMILES string of the molecule is COC(=O)c1sc(NC(=O)CN(C)Cc2ccc(Cl)s2)c(C(=O)OC)c1C. The zero-order chi connectivity index (χ0) is 20.1. The Morgan fingerprint density at radius 1 is 1.15 bits per heavy atom. The number of likely N-dealkylation sites (N-methyl/N-ethyl adjacent to an activating group) is 1. The molecule has 0 aliphatic carbocycles. The number of halogens is 1. The number of esters is 2. The van der Waals surface area contributed by atoms with Crippen molar-refractivity contribution in [2.75, 3.05) is 33.1 Å². The summed E-state index contributed by atoms with van der Waals surface area (Å²) < 4.78 is 10.2. The van der Waals surface area contributed by atoms with Crippen LogP contribution in [0.4, 0.5) is 5.00 Å². The van der Waals surface area contributed by atoms with E-state index < -0.39 is 11.9 Å². The molecule has 2 aromatic rings. The lowest BCUT2D eigenvalue weighted by molar-refractivity contribution is -0.117. The van der Waals surface area contributed by atoms with E-state index in [9.17, 15) is 14.4 Å². The maximum atomic E-state index is 12.4. The second kappa shape index (κ2) is 9.32. The average Bonchev–Trinajstić information content (AvgIpc) is 3.16. The van der Waals surface area contributed by atoms with E-state index >= 15 is 0 Å². The fourth-order valence-corrected chi connectivity index (χ4v) is 4.70. The fraction of sp³-hybridized carbons (Fsp3) is 0.353. The Bertz CT molecular complexity index is 862. The molecule has 0 bridgehead atoms. The summed E-state index contributed by atoms with van der Waals surface area (Å²) >= 11 is 8.35. The normalized spacial score (nSPS) is 10.7. The Hall–Kier alpha value is -1.94. The molecule has 0 saturated heterocycles. The van der Waals surface area contributed by atoms with E-state index in [1.54, 1.807) is 20.0 Å². The van der Waals surface area contributed by atoms with E-state index in [-0.39, 0.29) is 27.9 Å². The summed E-state index contributed by atoms with van der Waals surface area (Å²) in [6, 6.07) is 3.71. The number of carbonyl (C=O) groups excluding carboxylic acids is 3. The summed E-state index contributed by atoms with van der Waals surface area (Å²) in [4.78, 5) is 39.5. The van der Waals surface area contributed by atoms with Gasteiger partial charge in [0.1, 0.15) is 9.88 Å². The van der Waals surface area contributed by atoms with Gasteiger partial charge in [-0.15, -0.1) is 22.7 Å². The first-order chi connectivity index (χ1) is 12.8. The molecule has 7 nitrogen and oxygen atoms in total. The van der Waals surface area contributed by atoms with Crippen molar-refractivity contribution < 1.29 is 23.9 Å². The summed E-state index contributed by atoms with van der Waals surface area (Å²) in [7, 11) is 4.29.